The molecular weight excluding hydrogens is 314 g/mol. The molecule has 0 bridgehead atoms. The quantitative estimate of drug-likeness (QED) is 0.801. The van der Waals surface area contributed by atoms with E-state index in [2.05, 4.69) is 5.32 Å². The van der Waals surface area contributed by atoms with E-state index in [4.69, 9.17) is 5.41 Å². The Morgan fingerprint density at radius 1 is 1.22 bits per heavy atom. The maximum absolute atomic E-state index is 13.4. The molecule has 0 spiro atoms. The number of nitrogens with one attached hydrogen (secondary N) is 2. The number of carbonyl (C=O) groups is 1. The molecule has 1 atom stereocenters. The van der Waals surface area contributed by atoms with Crippen LogP contribution in [-0.2, 0) is 0 Å². The van der Waals surface area contributed by atoms with Crippen LogP contribution in [0.5, 0.6) is 0 Å². The van der Waals surface area contributed by atoms with Crippen molar-refractivity contribution >= 4 is 11.9 Å². The van der Waals surface area contributed by atoms with Crippen LogP contribution in [0.4, 0.5) is 22.4 Å². The highest BCUT2D eigenvalue weighted by atomic mass is 19.3. The number of rotatable bonds is 2. The van der Waals surface area contributed by atoms with E-state index in [-0.39, 0.29) is 17.8 Å². The first kappa shape index (κ1) is 15.8. The molecule has 1 saturated carbocycles. The highest BCUT2D eigenvalue weighted by molar-refractivity contribution is 5.98. The Labute approximate surface area is 130 Å². The number of benzene rings is 1. The van der Waals surface area contributed by atoms with Crippen LogP contribution in [0.2, 0.25) is 0 Å². The van der Waals surface area contributed by atoms with Gasteiger partial charge >= 0.3 is 6.03 Å². The van der Waals surface area contributed by atoms with Crippen LogP contribution in [0.25, 0.3) is 0 Å². The molecule has 1 heterocycles. The van der Waals surface area contributed by atoms with Gasteiger partial charge in [0.2, 0.25) is 0 Å². The van der Waals surface area contributed by atoms with Gasteiger partial charge in [-0.1, -0.05) is 0 Å². The van der Waals surface area contributed by atoms with Crippen LogP contribution in [-0.4, -0.2) is 28.7 Å². The Bertz CT molecular complexity index is 636. The average Bonchev–Trinajstić information content (AvgIpc) is 2.77. The number of urea groups is 1. The molecule has 3 rings (SSSR count). The van der Waals surface area contributed by atoms with E-state index < -0.39 is 48.5 Å². The van der Waals surface area contributed by atoms with E-state index in [0.29, 0.717) is 6.42 Å². The molecule has 2 N–H and O–H groups in total. The molecular formula is C15H15F4N3O. The predicted octanol–water partition coefficient (Wildman–Crippen LogP) is 3.59. The van der Waals surface area contributed by atoms with Crippen molar-refractivity contribution in [2.45, 2.75) is 43.7 Å². The Morgan fingerprint density at radius 2 is 1.83 bits per heavy atom. The molecule has 124 valence electrons. The largest absolute Gasteiger partial charge is 0.334 e. The third kappa shape index (κ3) is 3.16. The lowest BCUT2D eigenvalue weighted by molar-refractivity contribution is -0.0900. The van der Waals surface area contributed by atoms with Gasteiger partial charge in [0, 0.05) is 31.4 Å². The van der Waals surface area contributed by atoms with Gasteiger partial charge in [-0.15, -0.1) is 0 Å². The third-order valence-electron chi connectivity index (χ3n) is 4.16. The van der Waals surface area contributed by atoms with Crippen molar-refractivity contribution in [1.29, 1.82) is 5.41 Å². The first-order chi connectivity index (χ1) is 10.7. The summed E-state index contributed by atoms with van der Waals surface area (Å²) >= 11 is 0. The standard InChI is InChI=1S/C15H15F4N3O/c16-9-3-8(4-10(17)5-9)12-1-2-13(20)22(12)14(23)21-11-6-15(18,19)7-11/h3-5,11-12,20H,1-2,6-7H2,(H,21,23). The van der Waals surface area contributed by atoms with Gasteiger partial charge in [0.1, 0.15) is 17.5 Å². The Hall–Kier alpha value is -2.12. The number of amidine groups is 1. The van der Waals surface area contributed by atoms with Gasteiger partial charge in [-0.3, -0.25) is 10.3 Å². The number of hydrogen-bond acceptors (Lipinski definition) is 2. The van der Waals surface area contributed by atoms with E-state index in [1.54, 1.807) is 0 Å². The predicted molar refractivity (Wildman–Crippen MR) is 74.4 cm³/mol. The van der Waals surface area contributed by atoms with Crippen molar-refractivity contribution < 1.29 is 22.4 Å². The highest BCUT2D eigenvalue weighted by Crippen LogP contribution is 2.38. The monoisotopic (exact) mass is 329 g/mol. The zero-order valence-corrected chi connectivity index (χ0v) is 12.1. The maximum Gasteiger partial charge on any atom is 0.323 e. The number of halogens is 4. The average molecular weight is 329 g/mol. The summed E-state index contributed by atoms with van der Waals surface area (Å²) in [6.07, 6.45) is -0.231. The summed E-state index contributed by atoms with van der Waals surface area (Å²) in [6, 6.07) is 0.963. The topological polar surface area (TPSA) is 56.2 Å². The molecule has 2 fully saturated rings. The molecule has 1 aromatic rings. The lowest BCUT2D eigenvalue weighted by atomic mass is 9.88. The molecule has 4 nitrogen and oxygen atoms in total. The van der Waals surface area contributed by atoms with Gasteiger partial charge in [0.15, 0.2) is 0 Å². The summed E-state index contributed by atoms with van der Waals surface area (Å²) in [5.41, 5.74) is 0.249. The summed E-state index contributed by atoms with van der Waals surface area (Å²) in [7, 11) is 0. The molecule has 2 aliphatic rings. The third-order valence-corrected chi connectivity index (χ3v) is 4.16. The van der Waals surface area contributed by atoms with Crippen molar-refractivity contribution in [3.8, 4) is 0 Å². The molecule has 1 aromatic carbocycles. The lowest BCUT2D eigenvalue weighted by Gasteiger charge is -2.37. The zero-order valence-electron chi connectivity index (χ0n) is 12.1. The molecule has 8 heteroatoms. The van der Waals surface area contributed by atoms with Gasteiger partial charge < -0.3 is 5.32 Å². The minimum atomic E-state index is -2.76. The van der Waals surface area contributed by atoms with E-state index in [1.807, 2.05) is 0 Å². The van der Waals surface area contributed by atoms with Gasteiger partial charge in [-0.25, -0.2) is 22.4 Å². The van der Waals surface area contributed by atoms with Crippen LogP contribution in [0.15, 0.2) is 18.2 Å². The maximum atomic E-state index is 13.4. The lowest BCUT2D eigenvalue weighted by Crippen LogP contribution is -2.54. The second kappa shape index (κ2) is 5.50. The van der Waals surface area contributed by atoms with E-state index in [9.17, 15) is 22.4 Å². The van der Waals surface area contributed by atoms with E-state index >= 15 is 0 Å². The first-order valence-electron chi connectivity index (χ1n) is 7.26. The van der Waals surface area contributed by atoms with Gasteiger partial charge in [0.05, 0.1) is 6.04 Å². The highest BCUT2D eigenvalue weighted by Gasteiger charge is 2.47. The SMILES string of the molecule is N=C1CCC(c2cc(F)cc(F)c2)N1C(=O)NC1CC(F)(F)C1. The first-order valence-corrected chi connectivity index (χ1v) is 7.26. The summed E-state index contributed by atoms with van der Waals surface area (Å²) in [6.45, 7) is 0. The summed E-state index contributed by atoms with van der Waals surface area (Å²) < 4.78 is 52.4. The summed E-state index contributed by atoms with van der Waals surface area (Å²) in [5, 5.41) is 10.3. The Kier molecular flexibility index (Phi) is 3.77. The Morgan fingerprint density at radius 3 is 2.39 bits per heavy atom. The molecule has 2 amide bonds. The summed E-state index contributed by atoms with van der Waals surface area (Å²) in [5.74, 6) is -4.29. The molecule has 1 aliphatic heterocycles. The number of alkyl halides is 2. The molecule has 1 saturated heterocycles. The number of amides is 2. The minimum Gasteiger partial charge on any atom is -0.334 e. The van der Waals surface area contributed by atoms with Crippen LogP contribution >= 0.6 is 0 Å². The summed E-state index contributed by atoms with van der Waals surface area (Å²) in [4.78, 5) is 13.4. The molecule has 1 unspecified atom stereocenters. The molecule has 1 aliphatic carbocycles. The van der Waals surface area contributed by atoms with E-state index in [1.165, 1.54) is 0 Å². The van der Waals surface area contributed by atoms with Crippen LogP contribution in [0.3, 0.4) is 0 Å². The fraction of sp³-hybridized carbons (Fsp3) is 0.467. The molecule has 0 aromatic heterocycles. The van der Waals surface area contributed by atoms with Crippen LogP contribution in [0.1, 0.15) is 37.3 Å². The van der Waals surface area contributed by atoms with Crippen molar-refractivity contribution in [2.24, 2.45) is 0 Å². The van der Waals surface area contributed by atoms with Gasteiger partial charge in [-0.05, 0) is 24.1 Å². The van der Waals surface area contributed by atoms with Crippen LogP contribution < -0.4 is 5.32 Å². The Balaban J connectivity index is 1.76. The van der Waals surface area contributed by atoms with E-state index in [0.717, 1.165) is 23.1 Å². The molecule has 0 radical (unpaired) electrons. The van der Waals surface area contributed by atoms with Gasteiger partial charge in [-0.2, -0.15) is 0 Å². The fourth-order valence-corrected chi connectivity index (χ4v) is 3.07. The number of hydrogen-bond donors (Lipinski definition) is 2. The zero-order chi connectivity index (χ0) is 16.8. The smallest absolute Gasteiger partial charge is 0.323 e. The number of carbonyl (C=O) groups excluding carboxylic acids is 1. The number of nitrogens with zero attached hydrogens (tertiary/aromatic N) is 1. The minimum absolute atomic E-state index is 0.00301. The number of likely N-dealkylation sites (tertiary alicyclic amines) is 1. The van der Waals surface area contributed by atoms with Crippen molar-refractivity contribution in [1.82, 2.24) is 10.2 Å². The normalized spacial score (nSPS) is 23.7. The molecule has 23 heavy (non-hydrogen) atoms. The fourth-order valence-electron chi connectivity index (χ4n) is 3.07. The van der Waals surface area contributed by atoms with Crippen LogP contribution in [0, 0.1) is 17.0 Å². The van der Waals surface area contributed by atoms with Crippen molar-refractivity contribution in [3.05, 3.63) is 35.4 Å². The van der Waals surface area contributed by atoms with Crippen molar-refractivity contribution in [2.75, 3.05) is 0 Å². The van der Waals surface area contributed by atoms with Gasteiger partial charge in [0.25, 0.3) is 5.92 Å². The second-order valence-corrected chi connectivity index (χ2v) is 5.98. The van der Waals surface area contributed by atoms with Crippen molar-refractivity contribution in [3.63, 3.8) is 0 Å². The second-order valence-electron chi connectivity index (χ2n) is 5.98.